The zero-order valence-electron chi connectivity index (χ0n) is 7.98. The predicted octanol–water partition coefficient (Wildman–Crippen LogP) is 2.23. The first kappa shape index (κ1) is 10.6. The SMILES string of the molecule is N#Cc1ccc(-n2ccc(N)n2)c(F)c1Br. The van der Waals surface area contributed by atoms with Gasteiger partial charge in [0.05, 0.1) is 10.0 Å². The Bertz CT molecular complexity index is 585. The minimum atomic E-state index is -0.540. The molecule has 0 fully saturated rings. The van der Waals surface area contributed by atoms with Crippen LogP contribution in [0.15, 0.2) is 28.9 Å². The third kappa shape index (κ3) is 1.66. The van der Waals surface area contributed by atoms with E-state index in [2.05, 4.69) is 21.0 Å². The van der Waals surface area contributed by atoms with Crippen LogP contribution in [0.1, 0.15) is 5.56 Å². The molecule has 6 heteroatoms. The first-order chi connectivity index (χ1) is 7.63. The number of halogens is 2. The van der Waals surface area contributed by atoms with Gasteiger partial charge in [0.1, 0.15) is 17.6 Å². The summed E-state index contributed by atoms with van der Waals surface area (Å²) in [6, 6.07) is 6.43. The highest BCUT2D eigenvalue weighted by Gasteiger charge is 2.12. The van der Waals surface area contributed by atoms with E-state index in [9.17, 15) is 4.39 Å². The van der Waals surface area contributed by atoms with E-state index in [-0.39, 0.29) is 15.7 Å². The molecule has 1 aromatic carbocycles. The topological polar surface area (TPSA) is 67.6 Å². The summed E-state index contributed by atoms with van der Waals surface area (Å²) in [6.07, 6.45) is 1.55. The molecule has 2 aromatic rings. The Morgan fingerprint density at radius 1 is 1.44 bits per heavy atom. The van der Waals surface area contributed by atoms with E-state index in [1.54, 1.807) is 12.3 Å². The van der Waals surface area contributed by atoms with Crippen LogP contribution in [-0.4, -0.2) is 9.78 Å². The van der Waals surface area contributed by atoms with Crippen LogP contribution in [0.2, 0.25) is 0 Å². The summed E-state index contributed by atoms with van der Waals surface area (Å²) >= 11 is 3.03. The van der Waals surface area contributed by atoms with Crippen LogP contribution >= 0.6 is 15.9 Å². The molecule has 4 nitrogen and oxygen atoms in total. The molecule has 0 spiro atoms. The van der Waals surface area contributed by atoms with Gasteiger partial charge in [0.15, 0.2) is 5.82 Å². The molecular formula is C10H6BrFN4. The molecule has 0 aliphatic heterocycles. The van der Waals surface area contributed by atoms with E-state index >= 15 is 0 Å². The van der Waals surface area contributed by atoms with Gasteiger partial charge in [-0.2, -0.15) is 10.4 Å². The summed E-state index contributed by atoms with van der Waals surface area (Å²) in [6.45, 7) is 0. The number of nitrogen functional groups attached to an aromatic ring is 1. The van der Waals surface area contributed by atoms with Gasteiger partial charge >= 0.3 is 0 Å². The van der Waals surface area contributed by atoms with Crippen LogP contribution in [-0.2, 0) is 0 Å². The Hall–Kier alpha value is -1.87. The number of hydrogen-bond acceptors (Lipinski definition) is 3. The molecule has 80 valence electrons. The van der Waals surface area contributed by atoms with E-state index in [0.717, 1.165) is 0 Å². The highest BCUT2D eigenvalue weighted by molar-refractivity contribution is 9.10. The Kier molecular flexibility index (Phi) is 2.62. The highest BCUT2D eigenvalue weighted by atomic mass is 79.9. The van der Waals surface area contributed by atoms with Gasteiger partial charge in [-0.25, -0.2) is 9.07 Å². The monoisotopic (exact) mass is 280 g/mol. The van der Waals surface area contributed by atoms with E-state index < -0.39 is 5.82 Å². The molecule has 2 N–H and O–H groups in total. The summed E-state index contributed by atoms with van der Waals surface area (Å²) in [5.74, 6) is -0.234. The van der Waals surface area contributed by atoms with Crippen molar-refractivity contribution >= 4 is 21.7 Å². The predicted molar refractivity (Wildman–Crippen MR) is 60.3 cm³/mol. The molecule has 0 unspecified atom stereocenters. The van der Waals surface area contributed by atoms with Crippen molar-refractivity contribution in [3.8, 4) is 11.8 Å². The number of hydrogen-bond donors (Lipinski definition) is 1. The fourth-order valence-electron chi connectivity index (χ4n) is 1.27. The molecule has 0 saturated carbocycles. The van der Waals surface area contributed by atoms with Crippen LogP contribution in [0.25, 0.3) is 5.69 Å². The number of nitriles is 1. The van der Waals surface area contributed by atoms with Gasteiger partial charge in [-0.15, -0.1) is 0 Å². The Labute approximate surface area is 99.2 Å². The third-order valence-electron chi connectivity index (χ3n) is 2.04. The maximum atomic E-state index is 13.8. The van der Waals surface area contributed by atoms with Gasteiger partial charge in [-0.05, 0) is 28.1 Å². The molecule has 0 aliphatic carbocycles. The first-order valence-corrected chi connectivity index (χ1v) is 5.12. The minimum Gasteiger partial charge on any atom is -0.382 e. The van der Waals surface area contributed by atoms with Crippen molar-refractivity contribution in [1.82, 2.24) is 9.78 Å². The molecule has 0 aliphatic rings. The van der Waals surface area contributed by atoms with Gasteiger partial charge in [0.25, 0.3) is 0 Å². The lowest BCUT2D eigenvalue weighted by atomic mass is 10.2. The van der Waals surface area contributed by atoms with Crippen LogP contribution in [0.5, 0.6) is 0 Å². The van der Waals surface area contributed by atoms with Crippen LogP contribution in [0.3, 0.4) is 0 Å². The second-order valence-corrected chi connectivity index (χ2v) is 3.85. The number of anilines is 1. The van der Waals surface area contributed by atoms with Crippen molar-refractivity contribution in [2.24, 2.45) is 0 Å². The van der Waals surface area contributed by atoms with Gasteiger partial charge in [0, 0.05) is 12.3 Å². The van der Waals surface area contributed by atoms with Crippen LogP contribution < -0.4 is 5.73 Å². The van der Waals surface area contributed by atoms with E-state index in [1.807, 2.05) is 6.07 Å². The minimum absolute atomic E-state index is 0.126. The summed E-state index contributed by atoms with van der Waals surface area (Å²) in [5, 5.41) is 12.6. The largest absolute Gasteiger partial charge is 0.382 e. The van der Waals surface area contributed by atoms with Crippen molar-refractivity contribution in [2.75, 3.05) is 5.73 Å². The molecule has 0 radical (unpaired) electrons. The first-order valence-electron chi connectivity index (χ1n) is 4.33. The van der Waals surface area contributed by atoms with E-state index in [1.165, 1.54) is 16.8 Å². The summed E-state index contributed by atoms with van der Waals surface area (Å²) in [4.78, 5) is 0. The number of rotatable bonds is 1. The second-order valence-electron chi connectivity index (χ2n) is 3.06. The standard InChI is InChI=1S/C10H6BrFN4/c11-9-6(5-13)1-2-7(10(9)12)16-4-3-8(14)15-16/h1-4H,(H2,14,15). The van der Waals surface area contributed by atoms with Crippen molar-refractivity contribution in [1.29, 1.82) is 5.26 Å². The molecule has 1 heterocycles. The number of nitrogens with two attached hydrogens (primary N) is 1. The highest BCUT2D eigenvalue weighted by Crippen LogP contribution is 2.25. The van der Waals surface area contributed by atoms with Crippen LogP contribution in [0, 0.1) is 17.1 Å². The molecule has 0 amide bonds. The number of benzene rings is 1. The van der Waals surface area contributed by atoms with E-state index in [0.29, 0.717) is 5.82 Å². The lowest BCUT2D eigenvalue weighted by Gasteiger charge is -2.05. The van der Waals surface area contributed by atoms with Crippen molar-refractivity contribution < 1.29 is 4.39 Å². The second kappa shape index (κ2) is 3.94. The zero-order chi connectivity index (χ0) is 11.7. The zero-order valence-corrected chi connectivity index (χ0v) is 9.57. The third-order valence-corrected chi connectivity index (χ3v) is 2.81. The van der Waals surface area contributed by atoms with Gasteiger partial charge in [0.2, 0.25) is 0 Å². The molecule has 0 bridgehead atoms. The molecule has 16 heavy (non-hydrogen) atoms. The quantitative estimate of drug-likeness (QED) is 0.871. The van der Waals surface area contributed by atoms with Crippen molar-refractivity contribution in [3.05, 3.63) is 40.2 Å². The number of aromatic nitrogens is 2. The average Bonchev–Trinajstić information content (AvgIpc) is 2.69. The van der Waals surface area contributed by atoms with E-state index in [4.69, 9.17) is 11.0 Å². The molecule has 0 saturated heterocycles. The molecular weight excluding hydrogens is 275 g/mol. The lowest BCUT2D eigenvalue weighted by Crippen LogP contribution is -2.01. The summed E-state index contributed by atoms with van der Waals surface area (Å²) < 4.78 is 15.3. The fraction of sp³-hybridized carbons (Fsp3) is 0. The molecule has 1 aromatic heterocycles. The van der Waals surface area contributed by atoms with Crippen LogP contribution in [0.4, 0.5) is 10.2 Å². The fourth-order valence-corrected chi connectivity index (χ4v) is 1.70. The Morgan fingerprint density at radius 2 is 2.19 bits per heavy atom. The van der Waals surface area contributed by atoms with Gasteiger partial charge in [-0.3, -0.25) is 0 Å². The molecule has 0 atom stereocenters. The summed E-state index contributed by atoms with van der Waals surface area (Å²) in [5.41, 5.74) is 5.92. The van der Waals surface area contributed by atoms with Gasteiger partial charge in [-0.1, -0.05) is 0 Å². The lowest BCUT2D eigenvalue weighted by molar-refractivity contribution is 0.604. The average molecular weight is 281 g/mol. The van der Waals surface area contributed by atoms with Crippen molar-refractivity contribution in [2.45, 2.75) is 0 Å². The Morgan fingerprint density at radius 3 is 2.75 bits per heavy atom. The van der Waals surface area contributed by atoms with Gasteiger partial charge < -0.3 is 5.73 Å². The Balaban J connectivity index is 2.60. The summed E-state index contributed by atoms with van der Waals surface area (Å²) in [7, 11) is 0. The maximum absolute atomic E-state index is 13.8. The number of nitrogens with zero attached hydrogens (tertiary/aromatic N) is 3. The van der Waals surface area contributed by atoms with Crippen molar-refractivity contribution in [3.63, 3.8) is 0 Å². The smallest absolute Gasteiger partial charge is 0.164 e. The molecule has 2 rings (SSSR count). The maximum Gasteiger partial charge on any atom is 0.164 e. The normalized spacial score (nSPS) is 10.1.